The average Bonchev–Trinajstić information content (AvgIpc) is 2.54. The number of hydrogen-bond donors (Lipinski definition) is 2. The van der Waals surface area contributed by atoms with Crippen LogP contribution in [0.4, 0.5) is 5.69 Å². The highest BCUT2D eigenvalue weighted by atomic mass is 16.5. The highest BCUT2D eigenvalue weighted by Crippen LogP contribution is 2.20. The third-order valence-corrected chi connectivity index (χ3v) is 3.29. The van der Waals surface area contributed by atoms with Crippen LogP contribution in [0.1, 0.15) is 28.4 Å². The Hall–Kier alpha value is -3.33. The van der Waals surface area contributed by atoms with E-state index in [0.717, 1.165) is 5.56 Å². The van der Waals surface area contributed by atoms with E-state index in [2.05, 4.69) is 5.32 Å². The van der Waals surface area contributed by atoms with Gasteiger partial charge in [0.05, 0.1) is 11.6 Å². The van der Waals surface area contributed by atoms with Crippen molar-refractivity contribution in [3.63, 3.8) is 0 Å². The molecule has 0 aromatic heterocycles. The van der Waals surface area contributed by atoms with Crippen molar-refractivity contribution >= 4 is 17.6 Å². The number of esters is 1. The zero-order valence-electron chi connectivity index (χ0n) is 13.2. The molecule has 0 bridgehead atoms. The van der Waals surface area contributed by atoms with Gasteiger partial charge in [0.2, 0.25) is 0 Å². The van der Waals surface area contributed by atoms with Gasteiger partial charge < -0.3 is 15.2 Å². The van der Waals surface area contributed by atoms with E-state index >= 15 is 0 Å². The van der Waals surface area contributed by atoms with Crippen LogP contribution >= 0.6 is 0 Å². The Balaban J connectivity index is 2.03. The number of nitrogens with one attached hydrogen (secondary N) is 1. The molecule has 0 spiro atoms. The number of benzene rings is 2. The quantitative estimate of drug-likeness (QED) is 0.842. The first kappa shape index (κ1) is 17.0. The molecule has 0 saturated heterocycles. The van der Waals surface area contributed by atoms with Crippen molar-refractivity contribution in [2.45, 2.75) is 20.0 Å². The fraction of sp³-hybridized carbons (Fsp3) is 0.167. The average molecular weight is 324 g/mol. The highest BCUT2D eigenvalue weighted by molar-refractivity contribution is 5.98. The predicted molar refractivity (Wildman–Crippen MR) is 87.5 cm³/mol. The molecule has 6 nitrogen and oxygen atoms in total. The van der Waals surface area contributed by atoms with Crippen molar-refractivity contribution < 1.29 is 19.4 Å². The molecule has 2 aromatic carbocycles. The minimum absolute atomic E-state index is 0.00766. The summed E-state index contributed by atoms with van der Waals surface area (Å²) in [5.41, 5.74) is 1.63. The van der Waals surface area contributed by atoms with Crippen molar-refractivity contribution in [1.29, 1.82) is 5.26 Å². The third-order valence-electron chi connectivity index (χ3n) is 3.29. The molecule has 1 amide bonds. The largest absolute Gasteiger partial charge is 0.507 e. The van der Waals surface area contributed by atoms with Gasteiger partial charge in [-0.05, 0) is 49.7 Å². The SMILES string of the molecule is Cc1ccc(C(=O)O[C@H](C)C(=O)Nc2cccc(C#N)c2)c(O)c1. The van der Waals surface area contributed by atoms with Crippen LogP contribution in [0.5, 0.6) is 5.75 Å². The van der Waals surface area contributed by atoms with Gasteiger partial charge in [-0.25, -0.2) is 4.79 Å². The lowest BCUT2D eigenvalue weighted by atomic mass is 10.1. The first-order chi connectivity index (χ1) is 11.4. The van der Waals surface area contributed by atoms with E-state index in [-0.39, 0.29) is 11.3 Å². The van der Waals surface area contributed by atoms with Gasteiger partial charge in [-0.15, -0.1) is 0 Å². The lowest BCUT2D eigenvalue weighted by Gasteiger charge is -2.14. The third kappa shape index (κ3) is 4.11. The standard InChI is InChI=1S/C18H16N2O4/c1-11-6-7-15(16(21)8-11)18(23)24-12(2)17(22)20-14-5-3-4-13(9-14)10-19/h3-9,12,21H,1-2H3,(H,20,22)/t12-/m1/s1. The van der Waals surface area contributed by atoms with Crippen molar-refractivity contribution in [2.24, 2.45) is 0 Å². The fourth-order valence-corrected chi connectivity index (χ4v) is 2.00. The van der Waals surface area contributed by atoms with Crippen LogP contribution < -0.4 is 5.32 Å². The number of hydrogen-bond acceptors (Lipinski definition) is 5. The first-order valence-corrected chi connectivity index (χ1v) is 7.22. The molecule has 0 unspecified atom stereocenters. The van der Waals surface area contributed by atoms with Crippen LogP contribution in [0, 0.1) is 18.3 Å². The van der Waals surface area contributed by atoms with Crippen molar-refractivity contribution in [1.82, 2.24) is 0 Å². The molecule has 0 aliphatic heterocycles. The molecule has 2 aromatic rings. The zero-order chi connectivity index (χ0) is 17.7. The molecule has 0 fully saturated rings. The monoisotopic (exact) mass is 324 g/mol. The molecule has 2 N–H and O–H groups in total. The van der Waals surface area contributed by atoms with Gasteiger partial charge >= 0.3 is 5.97 Å². The minimum atomic E-state index is -1.07. The molecule has 0 saturated carbocycles. The lowest BCUT2D eigenvalue weighted by molar-refractivity contribution is -0.123. The number of nitriles is 1. The maximum absolute atomic E-state index is 12.1. The molecule has 24 heavy (non-hydrogen) atoms. The van der Waals surface area contributed by atoms with Crippen molar-refractivity contribution in [2.75, 3.05) is 5.32 Å². The Bertz CT molecular complexity index is 824. The summed E-state index contributed by atoms with van der Waals surface area (Å²) in [5.74, 6) is -1.53. The van der Waals surface area contributed by atoms with Crippen LogP contribution in [0.25, 0.3) is 0 Å². The molecule has 0 heterocycles. The van der Waals surface area contributed by atoms with Gasteiger partial charge in [-0.2, -0.15) is 5.26 Å². The van der Waals surface area contributed by atoms with Gasteiger partial charge in [0, 0.05) is 5.69 Å². The number of nitrogens with zero attached hydrogens (tertiary/aromatic N) is 1. The molecular formula is C18H16N2O4. The maximum Gasteiger partial charge on any atom is 0.342 e. The number of amides is 1. The second-order valence-electron chi connectivity index (χ2n) is 5.25. The van der Waals surface area contributed by atoms with E-state index in [0.29, 0.717) is 11.3 Å². The summed E-state index contributed by atoms with van der Waals surface area (Å²) in [6.07, 6.45) is -1.07. The van der Waals surface area contributed by atoms with Gasteiger partial charge in [-0.1, -0.05) is 12.1 Å². The molecular weight excluding hydrogens is 308 g/mol. The predicted octanol–water partition coefficient (Wildman–Crippen LogP) is 2.76. The van der Waals surface area contributed by atoms with Crippen molar-refractivity contribution in [3.05, 3.63) is 59.2 Å². The number of phenols is 1. The summed E-state index contributed by atoms with van der Waals surface area (Å²) in [6, 6.07) is 12.9. The second kappa shape index (κ2) is 7.29. The van der Waals surface area contributed by atoms with E-state index in [1.54, 1.807) is 31.2 Å². The normalized spacial score (nSPS) is 11.2. The molecule has 0 radical (unpaired) electrons. The summed E-state index contributed by atoms with van der Waals surface area (Å²) in [4.78, 5) is 24.1. The van der Waals surface area contributed by atoms with Gasteiger partial charge in [-0.3, -0.25) is 4.79 Å². The summed E-state index contributed by atoms with van der Waals surface area (Å²) >= 11 is 0. The van der Waals surface area contributed by atoms with Crippen LogP contribution in [0.3, 0.4) is 0 Å². The van der Waals surface area contributed by atoms with E-state index < -0.39 is 18.0 Å². The van der Waals surface area contributed by atoms with Gasteiger partial charge in [0.15, 0.2) is 6.10 Å². The molecule has 1 atom stereocenters. The Morgan fingerprint density at radius 3 is 2.67 bits per heavy atom. The van der Waals surface area contributed by atoms with Crippen LogP contribution in [-0.4, -0.2) is 23.1 Å². The minimum Gasteiger partial charge on any atom is -0.507 e. The topological polar surface area (TPSA) is 99.4 Å². The first-order valence-electron chi connectivity index (χ1n) is 7.22. The molecule has 2 rings (SSSR count). The van der Waals surface area contributed by atoms with Gasteiger partial charge in [0.25, 0.3) is 5.91 Å². The lowest BCUT2D eigenvalue weighted by Crippen LogP contribution is -2.30. The number of phenolic OH excluding ortho intramolecular Hbond substituents is 1. The molecule has 0 aliphatic rings. The Morgan fingerprint density at radius 2 is 2.00 bits per heavy atom. The zero-order valence-corrected chi connectivity index (χ0v) is 13.2. The summed E-state index contributed by atoms with van der Waals surface area (Å²) < 4.78 is 5.07. The number of ether oxygens (including phenoxy) is 1. The number of aromatic hydroxyl groups is 1. The molecule has 6 heteroatoms. The Kier molecular flexibility index (Phi) is 5.17. The van der Waals surface area contributed by atoms with E-state index in [9.17, 15) is 14.7 Å². The van der Waals surface area contributed by atoms with E-state index in [4.69, 9.17) is 10.00 Å². The van der Waals surface area contributed by atoms with Crippen LogP contribution in [0.2, 0.25) is 0 Å². The van der Waals surface area contributed by atoms with Gasteiger partial charge in [0.1, 0.15) is 11.3 Å². The molecule has 122 valence electrons. The summed E-state index contributed by atoms with van der Waals surface area (Å²) in [5, 5.41) is 21.2. The number of aryl methyl sites for hydroxylation is 1. The number of rotatable bonds is 4. The second-order valence-corrected chi connectivity index (χ2v) is 5.25. The fourth-order valence-electron chi connectivity index (χ4n) is 2.00. The highest BCUT2D eigenvalue weighted by Gasteiger charge is 2.21. The van der Waals surface area contributed by atoms with Crippen LogP contribution in [-0.2, 0) is 9.53 Å². The van der Waals surface area contributed by atoms with Crippen LogP contribution in [0.15, 0.2) is 42.5 Å². The summed E-state index contributed by atoms with van der Waals surface area (Å²) in [7, 11) is 0. The van der Waals surface area contributed by atoms with E-state index in [1.165, 1.54) is 25.1 Å². The number of carbonyl (C=O) groups excluding carboxylic acids is 2. The maximum atomic E-state index is 12.1. The summed E-state index contributed by atoms with van der Waals surface area (Å²) in [6.45, 7) is 3.20. The number of anilines is 1. The Labute approximate surface area is 139 Å². The smallest absolute Gasteiger partial charge is 0.342 e. The molecule has 0 aliphatic carbocycles. The van der Waals surface area contributed by atoms with Crippen molar-refractivity contribution in [3.8, 4) is 11.8 Å². The Morgan fingerprint density at radius 1 is 1.25 bits per heavy atom. The number of carbonyl (C=O) groups is 2. The van der Waals surface area contributed by atoms with E-state index in [1.807, 2.05) is 6.07 Å².